The van der Waals surface area contributed by atoms with Crippen molar-refractivity contribution in [3.63, 3.8) is 0 Å². The van der Waals surface area contributed by atoms with Gasteiger partial charge in [0, 0.05) is 12.2 Å². The Morgan fingerprint density at radius 2 is 1.72 bits per heavy atom. The van der Waals surface area contributed by atoms with E-state index in [4.69, 9.17) is 0 Å². The molecule has 0 aliphatic heterocycles. The first-order valence-electron chi connectivity index (χ1n) is 9.25. The molecule has 32 heavy (non-hydrogen) atoms. The van der Waals surface area contributed by atoms with E-state index in [1.54, 1.807) is 0 Å². The summed E-state index contributed by atoms with van der Waals surface area (Å²) in [4.78, 5) is 12.3. The molecule has 3 aromatic rings. The predicted molar refractivity (Wildman–Crippen MR) is 101 cm³/mol. The summed E-state index contributed by atoms with van der Waals surface area (Å²) < 4.78 is 92.5. The molecule has 0 radical (unpaired) electrons. The second-order valence-corrected chi connectivity index (χ2v) is 7.05. The Labute approximate surface area is 177 Å². The van der Waals surface area contributed by atoms with E-state index in [1.165, 1.54) is 31.2 Å². The molecule has 3 rings (SSSR count). The van der Waals surface area contributed by atoms with Crippen molar-refractivity contribution in [2.45, 2.75) is 31.7 Å². The summed E-state index contributed by atoms with van der Waals surface area (Å²) in [6, 6.07) is 8.11. The maximum absolute atomic E-state index is 14.4. The summed E-state index contributed by atoms with van der Waals surface area (Å²) in [5.74, 6) is -1.78. The number of carbonyl (C=O) groups excluding carboxylic acids is 1. The van der Waals surface area contributed by atoms with E-state index in [0.29, 0.717) is 11.6 Å². The lowest BCUT2D eigenvalue weighted by Gasteiger charge is -2.17. The molecule has 2 aromatic carbocycles. The van der Waals surface area contributed by atoms with Crippen LogP contribution in [0.5, 0.6) is 0 Å². The van der Waals surface area contributed by atoms with E-state index < -0.39 is 46.9 Å². The number of benzene rings is 2. The van der Waals surface area contributed by atoms with Crippen LogP contribution in [0, 0.1) is 5.82 Å². The third kappa shape index (κ3) is 5.27. The number of rotatable bonds is 5. The minimum atomic E-state index is -4.70. The molecule has 1 aromatic heterocycles. The lowest BCUT2D eigenvalue weighted by Crippen LogP contribution is -2.35. The zero-order valence-electron chi connectivity index (χ0n) is 16.4. The van der Waals surface area contributed by atoms with E-state index in [2.05, 4.69) is 10.4 Å². The van der Waals surface area contributed by atoms with Crippen LogP contribution in [0.2, 0.25) is 0 Å². The molecule has 1 amide bonds. The van der Waals surface area contributed by atoms with Crippen LogP contribution in [0.25, 0.3) is 5.69 Å². The Hall–Kier alpha value is -3.37. The Balaban J connectivity index is 1.71. The second kappa shape index (κ2) is 8.64. The fourth-order valence-corrected chi connectivity index (χ4v) is 3.11. The summed E-state index contributed by atoms with van der Waals surface area (Å²) in [6.07, 6.45) is -8.32. The quantitative estimate of drug-likeness (QED) is 0.519. The number of nitrogens with zero attached hydrogens (tertiary/aromatic N) is 2. The molecule has 0 fully saturated rings. The monoisotopic (exact) mass is 459 g/mol. The van der Waals surface area contributed by atoms with Gasteiger partial charge in [-0.25, -0.2) is 9.07 Å². The zero-order chi connectivity index (χ0) is 23.7. The highest BCUT2D eigenvalue weighted by molar-refractivity contribution is 5.96. The molecule has 1 N–H and O–H groups in total. The molecule has 1 heterocycles. The number of alkyl halides is 6. The van der Waals surface area contributed by atoms with Crippen molar-refractivity contribution >= 4 is 5.91 Å². The largest absolute Gasteiger partial charge is 0.435 e. The van der Waals surface area contributed by atoms with Crippen molar-refractivity contribution in [2.75, 3.05) is 0 Å². The van der Waals surface area contributed by atoms with Gasteiger partial charge in [0.1, 0.15) is 11.5 Å². The lowest BCUT2D eigenvalue weighted by atomic mass is 10.0. The van der Waals surface area contributed by atoms with E-state index >= 15 is 0 Å². The molecule has 0 spiro atoms. The average Bonchev–Trinajstić information content (AvgIpc) is 3.17. The van der Waals surface area contributed by atoms with E-state index in [0.717, 1.165) is 29.1 Å². The molecular formula is C21H16F7N3O. The Morgan fingerprint density at radius 1 is 1.03 bits per heavy atom. The summed E-state index contributed by atoms with van der Waals surface area (Å²) in [7, 11) is 0. The van der Waals surface area contributed by atoms with Crippen LogP contribution in [0.1, 0.15) is 34.1 Å². The minimum absolute atomic E-state index is 0.0734. The SMILES string of the molecule is CC(Cc1ccc(-n2ccc(C(F)(F)F)n2)c(F)c1)NC(=O)c1ccccc1C(F)(F)F. The van der Waals surface area contributed by atoms with Gasteiger partial charge >= 0.3 is 12.4 Å². The highest BCUT2D eigenvalue weighted by Gasteiger charge is 2.35. The first-order valence-corrected chi connectivity index (χ1v) is 9.25. The maximum Gasteiger partial charge on any atom is 0.435 e. The molecule has 1 atom stereocenters. The van der Waals surface area contributed by atoms with Crippen molar-refractivity contribution < 1.29 is 35.5 Å². The third-order valence-electron chi connectivity index (χ3n) is 4.53. The van der Waals surface area contributed by atoms with Crippen LogP contribution >= 0.6 is 0 Å². The average molecular weight is 459 g/mol. The Bertz CT molecular complexity index is 1120. The molecular weight excluding hydrogens is 443 g/mol. The lowest BCUT2D eigenvalue weighted by molar-refractivity contribution is -0.141. The molecule has 0 aliphatic rings. The van der Waals surface area contributed by atoms with Gasteiger partial charge in [-0.05, 0) is 49.2 Å². The highest BCUT2D eigenvalue weighted by atomic mass is 19.4. The molecule has 0 bridgehead atoms. The van der Waals surface area contributed by atoms with E-state index in [-0.39, 0.29) is 12.1 Å². The van der Waals surface area contributed by atoms with E-state index in [1.807, 2.05) is 0 Å². The van der Waals surface area contributed by atoms with Gasteiger partial charge in [0.2, 0.25) is 0 Å². The van der Waals surface area contributed by atoms with Crippen molar-refractivity contribution in [3.8, 4) is 5.69 Å². The summed E-state index contributed by atoms with van der Waals surface area (Å²) >= 11 is 0. The number of hydrogen-bond donors (Lipinski definition) is 1. The fourth-order valence-electron chi connectivity index (χ4n) is 3.11. The van der Waals surface area contributed by atoms with E-state index in [9.17, 15) is 35.5 Å². The van der Waals surface area contributed by atoms with Crippen LogP contribution in [0.15, 0.2) is 54.7 Å². The molecule has 170 valence electrons. The molecule has 0 aliphatic carbocycles. The normalized spacial score (nSPS) is 13.1. The molecule has 0 saturated carbocycles. The summed E-state index contributed by atoms with van der Waals surface area (Å²) in [6.45, 7) is 1.53. The zero-order valence-corrected chi connectivity index (χ0v) is 16.4. The first kappa shape index (κ1) is 23.3. The summed E-state index contributed by atoms with van der Waals surface area (Å²) in [5.41, 5.74) is -2.60. The van der Waals surface area contributed by atoms with Crippen LogP contribution in [0.3, 0.4) is 0 Å². The molecule has 11 heteroatoms. The molecule has 1 unspecified atom stereocenters. The molecule has 0 saturated heterocycles. The number of hydrogen-bond acceptors (Lipinski definition) is 2. The van der Waals surface area contributed by atoms with Gasteiger partial charge in [0.05, 0.1) is 11.1 Å². The van der Waals surface area contributed by atoms with Crippen molar-refractivity contribution in [1.82, 2.24) is 15.1 Å². The number of aromatic nitrogens is 2. The van der Waals surface area contributed by atoms with Crippen molar-refractivity contribution in [1.29, 1.82) is 0 Å². The predicted octanol–water partition coefficient (Wildman–Crippen LogP) is 5.41. The van der Waals surface area contributed by atoms with Crippen LogP contribution < -0.4 is 5.32 Å². The van der Waals surface area contributed by atoms with Gasteiger partial charge in [-0.1, -0.05) is 18.2 Å². The van der Waals surface area contributed by atoms with Crippen LogP contribution in [-0.2, 0) is 18.8 Å². The smallest absolute Gasteiger partial charge is 0.349 e. The summed E-state index contributed by atoms with van der Waals surface area (Å²) in [5, 5.41) is 5.75. The van der Waals surface area contributed by atoms with Gasteiger partial charge in [0.25, 0.3) is 5.91 Å². The topological polar surface area (TPSA) is 46.9 Å². The minimum Gasteiger partial charge on any atom is -0.349 e. The van der Waals surface area contributed by atoms with Crippen molar-refractivity contribution in [2.24, 2.45) is 0 Å². The van der Waals surface area contributed by atoms with Crippen LogP contribution in [0.4, 0.5) is 30.7 Å². The van der Waals surface area contributed by atoms with Gasteiger partial charge in [-0.2, -0.15) is 31.4 Å². The van der Waals surface area contributed by atoms with Crippen LogP contribution in [-0.4, -0.2) is 21.7 Å². The van der Waals surface area contributed by atoms with Gasteiger partial charge in [-0.15, -0.1) is 0 Å². The number of amides is 1. The number of carbonyl (C=O) groups is 1. The number of nitrogens with one attached hydrogen (secondary N) is 1. The number of halogens is 7. The van der Waals surface area contributed by atoms with Gasteiger partial charge in [0.15, 0.2) is 5.69 Å². The standard InChI is InChI=1S/C21H16F7N3O/c1-12(29-19(32)14-4-2-3-5-15(14)20(23,24)25)10-13-6-7-17(16(22)11-13)31-9-8-18(30-31)21(26,27)28/h2-9,11-12H,10H2,1H3,(H,29,32). The van der Waals surface area contributed by atoms with Crippen molar-refractivity contribution in [3.05, 3.63) is 82.9 Å². The second-order valence-electron chi connectivity index (χ2n) is 7.05. The fraction of sp³-hybridized carbons (Fsp3) is 0.238. The third-order valence-corrected chi connectivity index (χ3v) is 4.53. The Morgan fingerprint density at radius 3 is 2.31 bits per heavy atom. The molecule has 4 nitrogen and oxygen atoms in total. The maximum atomic E-state index is 14.4. The highest BCUT2D eigenvalue weighted by Crippen LogP contribution is 2.32. The van der Waals surface area contributed by atoms with Gasteiger partial charge < -0.3 is 5.32 Å². The van der Waals surface area contributed by atoms with Gasteiger partial charge in [-0.3, -0.25) is 4.79 Å². The first-order chi connectivity index (χ1) is 14.9. The Kier molecular flexibility index (Phi) is 6.29.